The minimum Gasteiger partial charge on any atom is -0.393 e. The molecule has 1 saturated heterocycles. The summed E-state index contributed by atoms with van der Waals surface area (Å²) in [5.74, 6) is -0.295. The van der Waals surface area contributed by atoms with Crippen LogP contribution in [0.3, 0.4) is 0 Å². The van der Waals surface area contributed by atoms with Crippen LogP contribution in [0.5, 0.6) is 0 Å². The molecule has 1 aliphatic rings. The Morgan fingerprint density at radius 1 is 1.47 bits per heavy atom. The summed E-state index contributed by atoms with van der Waals surface area (Å²) in [7, 11) is 0. The van der Waals surface area contributed by atoms with Gasteiger partial charge in [-0.1, -0.05) is 12.1 Å². The van der Waals surface area contributed by atoms with E-state index in [0.717, 1.165) is 0 Å². The van der Waals surface area contributed by atoms with Gasteiger partial charge in [0.15, 0.2) is 0 Å². The van der Waals surface area contributed by atoms with Gasteiger partial charge in [-0.3, -0.25) is 0 Å². The maximum atomic E-state index is 13.7. The van der Waals surface area contributed by atoms with Gasteiger partial charge in [0.1, 0.15) is 5.82 Å². The van der Waals surface area contributed by atoms with Crippen LogP contribution in [0.15, 0.2) is 22.7 Å². The van der Waals surface area contributed by atoms with Gasteiger partial charge < -0.3 is 9.84 Å². The van der Waals surface area contributed by atoms with Crippen LogP contribution >= 0.6 is 15.9 Å². The van der Waals surface area contributed by atoms with Gasteiger partial charge in [0.2, 0.25) is 0 Å². The third-order valence-corrected chi connectivity index (χ3v) is 3.20. The molecule has 1 aliphatic heterocycles. The largest absolute Gasteiger partial charge is 0.393 e. The Balaban J connectivity index is 2.24. The molecular weight excluding hydrogens is 263 g/mol. The molecule has 4 heteroatoms. The van der Waals surface area contributed by atoms with E-state index in [1.807, 2.05) is 0 Å². The number of halogens is 2. The molecule has 2 nitrogen and oxygen atoms in total. The lowest BCUT2D eigenvalue weighted by Gasteiger charge is -2.27. The number of aliphatic hydroxyl groups excluding tert-OH is 1. The lowest BCUT2D eigenvalue weighted by Crippen LogP contribution is -2.24. The first-order chi connectivity index (χ1) is 7.18. The van der Waals surface area contributed by atoms with E-state index < -0.39 is 0 Å². The van der Waals surface area contributed by atoms with Crippen LogP contribution in [0.25, 0.3) is 0 Å². The third-order valence-electron chi connectivity index (χ3n) is 2.58. The molecule has 0 aliphatic carbocycles. The van der Waals surface area contributed by atoms with Crippen molar-refractivity contribution in [2.45, 2.75) is 25.0 Å². The number of hydrogen-bond acceptors (Lipinski definition) is 2. The van der Waals surface area contributed by atoms with Gasteiger partial charge in [-0.2, -0.15) is 0 Å². The zero-order valence-electron chi connectivity index (χ0n) is 8.12. The van der Waals surface area contributed by atoms with E-state index in [-0.39, 0.29) is 18.0 Å². The Labute approximate surface area is 96.2 Å². The summed E-state index contributed by atoms with van der Waals surface area (Å²) in [6.07, 6.45) is 0.382. The normalized spacial score (nSPS) is 26.6. The zero-order chi connectivity index (χ0) is 10.8. The van der Waals surface area contributed by atoms with Gasteiger partial charge >= 0.3 is 0 Å². The maximum absolute atomic E-state index is 13.7. The van der Waals surface area contributed by atoms with Crippen molar-refractivity contribution in [2.24, 2.45) is 0 Å². The fourth-order valence-electron chi connectivity index (χ4n) is 1.77. The molecule has 1 fully saturated rings. The van der Waals surface area contributed by atoms with E-state index in [0.29, 0.717) is 29.5 Å². The third kappa shape index (κ3) is 2.38. The van der Waals surface area contributed by atoms with Crippen molar-refractivity contribution in [3.63, 3.8) is 0 Å². The van der Waals surface area contributed by atoms with Crippen molar-refractivity contribution in [3.05, 3.63) is 34.1 Å². The molecule has 2 atom stereocenters. The average molecular weight is 275 g/mol. The van der Waals surface area contributed by atoms with Crippen molar-refractivity contribution in [2.75, 3.05) is 6.61 Å². The first-order valence-electron chi connectivity index (χ1n) is 4.92. The SMILES string of the molecule is OC1CCOC(c2cccc(Br)c2F)C1. The van der Waals surface area contributed by atoms with Gasteiger partial charge in [0.25, 0.3) is 0 Å². The summed E-state index contributed by atoms with van der Waals surface area (Å²) in [5.41, 5.74) is 0.517. The molecule has 0 amide bonds. The number of benzene rings is 1. The number of hydrogen-bond donors (Lipinski definition) is 1. The fourth-order valence-corrected chi connectivity index (χ4v) is 2.15. The first-order valence-corrected chi connectivity index (χ1v) is 5.71. The maximum Gasteiger partial charge on any atom is 0.143 e. The Kier molecular flexibility index (Phi) is 3.38. The predicted molar refractivity (Wildman–Crippen MR) is 58.0 cm³/mol. The minimum atomic E-state index is -0.387. The highest BCUT2D eigenvalue weighted by molar-refractivity contribution is 9.10. The van der Waals surface area contributed by atoms with Gasteiger partial charge in [-0.15, -0.1) is 0 Å². The van der Waals surface area contributed by atoms with E-state index in [2.05, 4.69) is 15.9 Å². The van der Waals surface area contributed by atoms with Gasteiger partial charge in [0, 0.05) is 18.6 Å². The number of ether oxygens (including phenoxy) is 1. The Bertz CT molecular complexity index is 356. The number of rotatable bonds is 1. The molecule has 0 bridgehead atoms. The second-order valence-corrected chi connectivity index (χ2v) is 4.54. The highest BCUT2D eigenvalue weighted by Gasteiger charge is 2.25. The van der Waals surface area contributed by atoms with Crippen molar-refractivity contribution in [1.82, 2.24) is 0 Å². The lowest BCUT2D eigenvalue weighted by atomic mass is 9.99. The molecule has 0 spiro atoms. The van der Waals surface area contributed by atoms with E-state index in [1.54, 1.807) is 18.2 Å². The van der Waals surface area contributed by atoms with Crippen molar-refractivity contribution >= 4 is 15.9 Å². The summed E-state index contributed by atoms with van der Waals surface area (Å²) < 4.78 is 19.6. The van der Waals surface area contributed by atoms with Crippen LogP contribution < -0.4 is 0 Å². The molecule has 1 heterocycles. The summed E-state index contributed by atoms with van der Waals surface area (Å²) in [4.78, 5) is 0. The molecular formula is C11H12BrFO2. The predicted octanol–water partition coefficient (Wildman–Crippen LogP) is 2.80. The first kappa shape index (κ1) is 11.0. The number of aliphatic hydroxyl groups is 1. The molecule has 0 radical (unpaired) electrons. The summed E-state index contributed by atoms with van der Waals surface area (Å²) in [6, 6.07) is 5.12. The molecule has 0 aromatic heterocycles. The minimum absolute atomic E-state index is 0.295. The lowest BCUT2D eigenvalue weighted by molar-refractivity contribution is -0.0461. The summed E-state index contributed by atoms with van der Waals surface area (Å²) >= 11 is 3.13. The monoisotopic (exact) mass is 274 g/mol. The molecule has 2 rings (SSSR count). The van der Waals surface area contributed by atoms with Crippen molar-refractivity contribution in [1.29, 1.82) is 0 Å². The van der Waals surface area contributed by atoms with Gasteiger partial charge in [0.05, 0.1) is 16.7 Å². The van der Waals surface area contributed by atoms with Crippen LogP contribution in [0.1, 0.15) is 24.5 Å². The second-order valence-electron chi connectivity index (χ2n) is 3.68. The van der Waals surface area contributed by atoms with Crippen LogP contribution in [0.2, 0.25) is 0 Å². The van der Waals surface area contributed by atoms with Crippen LogP contribution in [0.4, 0.5) is 4.39 Å². The van der Waals surface area contributed by atoms with E-state index >= 15 is 0 Å². The van der Waals surface area contributed by atoms with E-state index in [9.17, 15) is 9.50 Å². The Morgan fingerprint density at radius 2 is 2.27 bits per heavy atom. The van der Waals surface area contributed by atoms with Crippen LogP contribution in [-0.4, -0.2) is 17.8 Å². The quantitative estimate of drug-likeness (QED) is 0.854. The molecule has 0 saturated carbocycles. The van der Waals surface area contributed by atoms with Gasteiger partial charge in [-0.25, -0.2) is 4.39 Å². The van der Waals surface area contributed by atoms with Crippen molar-refractivity contribution in [3.8, 4) is 0 Å². The highest BCUT2D eigenvalue weighted by Crippen LogP contribution is 2.32. The molecule has 1 N–H and O–H groups in total. The highest BCUT2D eigenvalue weighted by atomic mass is 79.9. The smallest absolute Gasteiger partial charge is 0.143 e. The standard InChI is InChI=1S/C11H12BrFO2/c12-9-3-1-2-8(11(9)13)10-6-7(14)4-5-15-10/h1-3,7,10,14H,4-6H2. The van der Waals surface area contributed by atoms with Crippen LogP contribution in [0, 0.1) is 5.82 Å². The van der Waals surface area contributed by atoms with E-state index in [1.165, 1.54) is 0 Å². The molecule has 1 aromatic rings. The van der Waals surface area contributed by atoms with E-state index in [4.69, 9.17) is 4.74 Å². The average Bonchev–Trinajstić information content (AvgIpc) is 2.22. The molecule has 2 unspecified atom stereocenters. The molecule has 15 heavy (non-hydrogen) atoms. The van der Waals surface area contributed by atoms with Crippen LogP contribution in [-0.2, 0) is 4.74 Å². The molecule has 82 valence electrons. The second kappa shape index (κ2) is 4.60. The van der Waals surface area contributed by atoms with Crippen molar-refractivity contribution < 1.29 is 14.2 Å². The topological polar surface area (TPSA) is 29.5 Å². The summed E-state index contributed by atoms with van der Waals surface area (Å²) in [5, 5.41) is 9.49. The molecule has 1 aromatic carbocycles. The van der Waals surface area contributed by atoms with Gasteiger partial charge in [-0.05, 0) is 28.4 Å². The Hall–Kier alpha value is -0.450. The summed E-state index contributed by atoms with van der Waals surface area (Å²) in [6.45, 7) is 0.484. The zero-order valence-corrected chi connectivity index (χ0v) is 9.71. The fraction of sp³-hybridized carbons (Fsp3) is 0.455. The Morgan fingerprint density at radius 3 is 3.00 bits per heavy atom.